The normalized spacial score (nSPS) is 11.8. The van der Waals surface area contributed by atoms with Crippen LogP contribution in [0, 0.1) is 13.8 Å². The molecule has 0 N–H and O–H groups in total. The van der Waals surface area contributed by atoms with Crippen molar-refractivity contribution in [2.24, 2.45) is 10.1 Å². The van der Waals surface area contributed by atoms with Crippen molar-refractivity contribution >= 4 is 17.6 Å². The Kier molecular flexibility index (Phi) is 7.53. The van der Waals surface area contributed by atoms with Gasteiger partial charge in [-0.05, 0) is 44.0 Å². The summed E-state index contributed by atoms with van der Waals surface area (Å²) in [6.45, 7) is 10.6. The van der Waals surface area contributed by atoms with Crippen LogP contribution in [0.25, 0.3) is 11.3 Å². The van der Waals surface area contributed by atoms with E-state index in [1.807, 2.05) is 35.3 Å². The largest absolute Gasteiger partial charge is 0.493 e. The molecule has 0 fully saturated rings. The number of ether oxygens (including phenoxy) is 3. The van der Waals surface area contributed by atoms with Gasteiger partial charge in [-0.25, -0.2) is 4.68 Å². The fraction of sp³-hybridized carbons (Fsp3) is 0.280. The number of aromatic nitrogens is 1. The summed E-state index contributed by atoms with van der Waals surface area (Å²) in [5, 5.41) is 6.84. The number of benzene rings is 2. The standard InChI is InChI=1S/C25H29N3O3S/c1-16(2)13-26-25-28(27-14-20-10-17(3)8-9-18(20)4)21(15-32-25)19-11-22(29-5)24(31-7)23(12-19)30-6/h8-12,14-15H,1,13H2,2-7H3. The number of hydrogen-bond donors (Lipinski definition) is 0. The van der Waals surface area contributed by atoms with Gasteiger partial charge >= 0.3 is 0 Å². The van der Waals surface area contributed by atoms with Gasteiger partial charge in [0.05, 0.1) is 39.8 Å². The van der Waals surface area contributed by atoms with Gasteiger partial charge in [0.25, 0.3) is 0 Å². The molecule has 3 aromatic rings. The zero-order chi connectivity index (χ0) is 23.3. The van der Waals surface area contributed by atoms with Gasteiger partial charge in [0.15, 0.2) is 11.5 Å². The first-order valence-electron chi connectivity index (χ1n) is 10.1. The predicted octanol–water partition coefficient (Wildman–Crippen LogP) is 5.22. The van der Waals surface area contributed by atoms with Crippen LogP contribution in [-0.2, 0) is 0 Å². The van der Waals surface area contributed by atoms with Crippen molar-refractivity contribution in [2.75, 3.05) is 27.9 Å². The minimum absolute atomic E-state index is 0.536. The molecule has 0 amide bonds. The Hall–Kier alpha value is -3.32. The third kappa shape index (κ3) is 5.11. The van der Waals surface area contributed by atoms with Gasteiger partial charge in [0.1, 0.15) is 0 Å². The van der Waals surface area contributed by atoms with Gasteiger partial charge in [-0.1, -0.05) is 35.9 Å². The molecular weight excluding hydrogens is 422 g/mol. The van der Waals surface area contributed by atoms with Crippen LogP contribution in [0.4, 0.5) is 0 Å². The van der Waals surface area contributed by atoms with Gasteiger partial charge in [0, 0.05) is 10.9 Å². The van der Waals surface area contributed by atoms with E-state index in [9.17, 15) is 0 Å². The lowest BCUT2D eigenvalue weighted by Crippen LogP contribution is -2.13. The van der Waals surface area contributed by atoms with E-state index in [-0.39, 0.29) is 0 Å². The van der Waals surface area contributed by atoms with Crippen molar-refractivity contribution < 1.29 is 14.2 Å². The van der Waals surface area contributed by atoms with Crippen molar-refractivity contribution in [2.45, 2.75) is 20.8 Å². The molecule has 7 heteroatoms. The summed E-state index contributed by atoms with van der Waals surface area (Å²) in [6, 6.07) is 10.1. The first-order chi connectivity index (χ1) is 15.4. The maximum Gasteiger partial charge on any atom is 0.206 e. The van der Waals surface area contributed by atoms with E-state index in [0.717, 1.165) is 32.8 Å². The summed E-state index contributed by atoms with van der Waals surface area (Å²) < 4.78 is 18.4. The molecular formula is C25H29N3O3S. The molecule has 32 heavy (non-hydrogen) atoms. The Morgan fingerprint density at radius 3 is 2.34 bits per heavy atom. The first kappa shape index (κ1) is 23.3. The molecule has 0 saturated carbocycles. The molecule has 0 saturated heterocycles. The minimum atomic E-state index is 0.536. The predicted molar refractivity (Wildman–Crippen MR) is 132 cm³/mol. The van der Waals surface area contributed by atoms with Gasteiger partial charge in [-0.3, -0.25) is 4.99 Å². The van der Waals surface area contributed by atoms with Crippen LogP contribution in [0.1, 0.15) is 23.6 Å². The Morgan fingerprint density at radius 2 is 1.75 bits per heavy atom. The molecule has 1 heterocycles. The van der Waals surface area contributed by atoms with Gasteiger partial charge in [0.2, 0.25) is 10.6 Å². The van der Waals surface area contributed by atoms with E-state index >= 15 is 0 Å². The highest BCUT2D eigenvalue weighted by Crippen LogP contribution is 2.41. The maximum absolute atomic E-state index is 5.54. The second-order valence-electron chi connectivity index (χ2n) is 7.51. The fourth-order valence-electron chi connectivity index (χ4n) is 3.17. The third-order valence-corrected chi connectivity index (χ3v) is 5.73. The van der Waals surface area contributed by atoms with Crippen LogP contribution in [-0.4, -0.2) is 38.8 Å². The number of hydrogen-bond acceptors (Lipinski definition) is 6. The van der Waals surface area contributed by atoms with Crippen LogP contribution in [0.5, 0.6) is 17.2 Å². The lowest BCUT2D eigenvalue weighted by Gasteiger charge is -2.14. The first-order valence-corrected chi connectivity index (χ1v) is 11.0. The van der Waals surface area contributed by atoms with Crippen molar-refractivity contribution in [3.63, 3.8) is 0 Å². The van der Waals surface area contributed by atoms with Gasteiger partial charge < -0.3 is 14.2 Å². The molecule has 0 aliphatic heterocycles. The van der Waals surface area contributed by atoms with Crippen LogP contribution < -0.4 is 19.0 Å². The molecule has 0 atom stereocenters. The van der Waals surface area contributed by atoms with Crippen LogP contribution in [0.3, 0.4) is 0 Å². The third-order valence-electron chi connectivity index (χ3n) is 4.88. The molecule has 0 unspecified atom stereocenters. The average Bonchev–Trinajstić information content (AvgIpc) is 3.19. The Balaban J connectivity index is 2.19. The number of rotatable bonds is 8. The molecule has 1 aromatic heterocycles. The van der Waals surface area contributed by atoms with Crippen LogP contribution in [0.2, 0.25) is 0 Å². The van der Waals surface area contributed by atoms with E-state index in [1.54, 1.807) is 21.3 Å². The Labute approximate surface area is 193 Å². The molecule has 168 valence electrons. The summed E-state index contributed by atoms with van der Waals surface area (Å²) in [4.78, 5) is 5.48. The monoisotopic (exact) mass is 451 g/mol. The van der Waals surface area contributed by atoms with Crippen molar-refractivity contribution in [3.05, 3.63) is 69.4 Å². The SMILES string of the molecule is C=C(C)CN=c1scc(-c2cc(OC)c(OC)c(OC)c2)n1N=Cc1cc(C)ccc1C. The second kappa shape index (κ2) is 10.3. The van der Waals surface area contributed by atoms with Crippen molar-refractivity contribution in [3.8, 4) is 28.5 Å². The van der Waals surface area contributed by atoms with E-state index < -0.39 is 0 Å². The molecule has 0 bridgehead atoms. The summed E-state index contributed by atoms with van der Waals surface area (Å²) >= 11 is 1.52. The Morgan fingerprint density at radius 1 is 1.06 bits per heavy atom. The summed E-state index contributed by atoms with van der Waals surface area (Å²) in [5.41, 5.74) is 6.14. The quantitative estimate of drug-likeness (QED) is 0.349. The van der Waals surface area contributed by atoms with Gasteiger partial charge in [-0.2, -0.15) is 5.10 Å². The number of nitrogens with zero attached hydrogens (tertiary/aromatic N) is 3. The maximum atomic E-state index is 5.54. The minimum Gasteiger partial charge on any atom is -0.493 e. The van der Waals surface area contributed by atoms with E-state index in [4.69, 9.17) is 24.3 Å². The number of aryl methyl sites for hydroxylation is 2. The van der Waals surface area contributed by atoms with Crippen LogP contribution >= 0.6 is 11.3 Å². The molecule has 2 aromatic carbocycles. The highest BCUT2D eigenvalue weighted by atomic mass is 32.1. The lowest BCUT2D eigenvalue weighted by atomic mass is 10.1. The molecule has 0 aliphatic rings. The average molecular weight is 452 g/mol. The Bertz CT molecular complexity index is 1200. The molecule has 3 rings (SSSR count). The van der Waals surface area contributed by atoms with E-state index in [0.29, 0.717) is 23.8 Å². The number of methoxy groups -OCH3 is 3. The summed E-state index contributed by atoms with van der Waals surface area (Å²) in [6.07, 6.45) is 1.87. The highest BCUT2D eigenvalue weighted by Gasteiger charge is 2.17. The van der Waals surface area contributed by atoms with Crippen LogP contribution in [0.15, 0.2) is 58.0 Å². The summed E-state index contributed by atoms with van der Waals surface area (Å²) in [5.74, 6) is 1.71. The van der Waals surface area contributed by atoms with Gasteiger partial charge in [-0.15, -0.1) is 11.3 Å². The molecule has 0 spiro atoms. The fourth-order valence-corrected chi connectivity index (χ4v) is 4.01. The van der Waals surface area contributed by atoms with Crippen molar-refractivity contribution in [1.82, 2.24) is 4.68 Å². The zero-order valence-corrected chi connectivity index (χ0v) is 20.2. The molecule has 0 aliphatic carbocycles. The van der Waals surface area contributed by atoms with E-state index in [1.165, 1.54) is 16.9 Å². The van der Waals surface area contributed by atoms with Crippen molar-refractivity contribution in [1.29, 1.82) is 0 Å². The smallest absolute Gasteiger partial charge is 0.206 e. The lowest BCUT2D eigenvalue weighted by molar-refractivity contribution is 0.324. The molecule has 6 nitrogen and oxygen atoms in total. The zero-order valence-electron chi connectivity index (χ0n) is 19.4. The highest BCUT2D eigenvalue weighted by molar-refractivity contribution is 7.07. The topological polar surface area (TPSA) is 57.3 Å². The van der Waals surface area contributed by atoms with E-state index in [2.05, 4.69) is 38.6 Å². The number of thiazole rings is 1. The summed E-state index contributed by atoms with van der Waals surface area (Å²) in [7, 11) is 4.80. The second-order valence-corrected chi connectivity index (χ2v) is 8.34. The molecule has 0 radical (unpaired) electrons.